The number of nitro groups is 2. The molecule has 0 amide bonds. The molecule has 1 aromatic heterocycles. The highest BCUT2D eigenvalue weighted by Gasteiger charge is 2.33. The number of allylic oxidation sites excluding steroid dienone is 1. The molecule has 2 heterocycles. The molecule has 14 heteroatoms. The van der Waals surface area contributed by atoms with Crippen LogP contribution in [0.1, 0.15) is 31.0 Å². The fraction of sp³-hybridized carbons (Fsp3) is 0.208. The third kappa shape index (κ3) is 4.82. The number of thioether (sulfide) groups is 1. The SMILES string of the molecule is CCOC(=O)C1=C(C)N=c2s/c(=C\c3cc([N+](=O)[O-])cc([N+](=O)[O-])c3O)c(=O)n2[C@@H]1c1ccc(SC)cc1. The third-order valence-corrected chi connectivity index (χ3v) is 7.47. The van der Waals surface area contributed by atoms with Gasteiger partial charge in [0.05, 0.1) is 44.4 Å². The van der Waals surface area contributed by atoms with Gasteiger partial charge in [0.25, 0.3) is 11.2 Å². The summed E-state index contributed by atoms with van der Waals surface area (Å²) < 4.78 is 6.56. The lowest BCUT2D eigenvalue weighted by atomic mass is 9.96. The summed E-state index contributed by atoms with van der Waals surface area (Å²) in [4.78, 5) is 53.1. The molecule has 0 saturated carbocycles. The molecule has 0 radical (unpaired) electrons. The molecule has 0 bridgehead atoms. The first-order valence-corrected chi connectivity index (χ1v) is 13.1. The molecule has 0 saturated heterocycles. The van der Waals surface area contributed by atoms with Crippen LogP contribution in [0.3, 0.4) is 0 Å². The Labute approximate surface area is 222 Å². The van der Waals surface area contributed by atoms with E-state index in [4.69, 9.17) is 4.74 Å². The number of benzene rings is 2. The molecule has 0 aliphatic carbocycles. The Bertz CT molecular complexity index is 1690. The van der Waals surface area contributed by atoms with Crippen molar-refractivity contribution in [2.75, 3.05) is 12.9 Å². The first-order chi connectivity index (χ1) is 18.1. The van der Waals surface area contributed by atoms with Crippen LogP contribution in [0.5, 0.6) is 5.75 Å². The van der Waals surface area contributed by atoms with Crippen molar-refractivity contribution in [2.24, 2.45) is 4.99 Å². The van der Waals surface area contributed by atoms with E-state index in [1.807, 2.05) is 18.4 Å². The molecule has 0 unspecified atom stereocenters. The average Bonchev–Trinajstić information content (AvgIpc) is 3.18. The van der Waals surface area contributed by atoms with Crippen LogP contribution in [-0.4, -0.2) is 38.4 Å². The number of phenols is 1. The summed E-state index contributed by atoms with van der Waals surface area (Å²) in [6.07, 6.45) is 3.05. The quantitative estimate of drug-likeness (QED) is 0.199. The maximum absolute atomic E-state index is 13.7. The number of thiazole rings is 1. The van der Waals surface area contributed by atoms with E-state index in [0.29, 0.717) is 17.3 Å². The third-order valence-electron chi connectivity index (χ3n) is 5.75. The smallest absolute Gasteiger partial charge is 0.338 e. The summed E-state index contributed by atoms with van der Waals surface area (Å²) in [5.41, 5.74) is -1.22. The number of nitro benzene ring substituents is 2. The monoisotopic (exact) mass is 556 g/mol. The number of hydrogen-bond acceptors (Lipinski definition) is 11. The summed E-state index contributed by atoms with van der Waals surface area (Å²) in [6, 6.07) is 8.00. The van der Waals surface area contributed by atoms with Gasteiger partial charge in [-0.3, -0.25) is 29.6 Å². The molecule has 1 aliphatic heterocycles. The Morgan fingerprint density at radius 2 is 1.92 bits per heavy atom. The van der Waals surface area contributed by atoms with Crippen LogP contribution in [0, 0.1) is 20.2 Å². The van der Waals surface area contributed by atoms with E-state index in [1.165, 1.54) is 16.3 Å². The van der Waals surface area contributed by atoms with E-state index in [-0.39, 0.29) is 27.1 Å². The van der Waals surface area contributed by atoms with Crippen LogP contribution >= 0.6 is 23.1 Å². The molecule has 1 N–H and O–H groups in total. The van der Waals surface area contributed by atoms with E-state index in [9.17, 15) is 34.9 Å². The zero-order valence-electron chi connectivity index (χ0n) is 20.2. The number of non-ortho nitro benzene ring substituents is 1. The van der Waals surface area contributed by atoms with Crippen molar-refractivity contribution in [2.45, 2.75) is 24.8 Å². The van der Waals surface area contributed by atoms with Crippen molar-refractivity contribution in [1.82, 2.24) is 4.57 Å². The van der Waals surface area contributed by atoms with Crippen LogP contribution in [0.2, 0.25) is 0 Å². The van der Waals surface area contributed by atoms with E-state index in [0.717, 1.165) is 28.4 Å². The number of hydrogen-bond donors (Lipinski definition) is 1. The molecule has 4 rings (SSSR count). The molecule has 196 valence electrons. The number of rotatable bonds is 7. The lowest BCUT2D eigenvalue weighted by Gasteiger charge is -2.24. The van der Waals surface area contributed by atoms with E-state index in [2.05, 4.69) is 4.99 Å². The second-order valence-corrected chi connectivity index (χ2v) is 9.88. The van der Waals surface area contributed by atoms with Gasteiger partial charge in [-0.1, -0.05) is 23.5 Å². The van der Waals surface area contributed by atoms with Crippen molar-refractivity contribution in [3.05, 3.63) is 98.7 Å². The maximum Gasteiger partial charge on any atom is 0.338 e. The number of aromatic hydroxyl groups is 1. The summed E-state index contributed by atoms with van der Waals surface area (Å²) in [7, 11) is 0. The normalized spacial score (nSPS) is 15.1. The van der Waals surface area contributed by atoms with Gasteiger partial charge in [-0.05, 0) is 43.9 Å². The van der Waals surface area contributed by atoms with Crippen molar-refractivity contribution in [1.29, 1.82) is 0 Å². The number of esters is 1. The number of carbonyl (C=O) groups excluding carboxylic acids is 1. The van der Waals surface area contributed by atoms with Gasteiger partial charge in [-0.2, -0.15) is 0 Å². The summed E-state index contributed by atoms with van der Waals surface area (Å²) >= 11 is 2.45. The van der Waals surface area contributed by atoms with Crippen molar-refractivity contribution < 1.29 is 24.5 Å². The molecule has 1 atom stereocenters. The first kappa shape index (κ1) is 26.8. The van der Waals surface area contributed by atoms with Crippen LogP contribution < -0.4 is 14.9 Å². The highest BCUT2D eigenvalue weighted by Crippen LogP contribution is 2.35. The number of phenolic OH excluding ortho intramolecular Hbond substituents is 1. The minimum Gasteiger partial charge on any atom is -0.502 e. The van der Waals surface area contributed by atoms with Crippen molar-refractivity contribution in [3.63, 3.8) is 0 Å². The Hall–Kier alpha value is -4.30. The van der Waals surface area contributed by atoms with Gasteiger partial charge in [-0.15, -0.1) is 11.8 Å². The zero-order chi connectivity index (χ0) is 27.7. The second kappa shape index (κ2) is 10.6. The Balaban J connectivity index is 1.99. The van der Waals surface area contributed by atoms with Crippen molar-refractivity contribution >= 4 is 46.5 Å². The Morgan fingerprint density at radius 3 is 2.50 bits per heavy atom. The summed E-state index contributed by atoms with van der Waals surface area (Å²) in [5.74, 6) is -1.45. The fourth-order valence-electron chi connectivity index (χ4n) is 4.01. The van der Waals surface area contributed by atoms with Gasteiger partial charge in [0.2, 0.25) is 5.75 Å². The topological polar surface area (TPSA) is 167 Å². The minimum absolute atomic E-state index is 0.00233. The molecule has 0 fully saturated rings. The molecule has 12 nitrogen and oxygen atoms in total. The molecule has 3 aromatic rings. The van der Waals surface area contributed by atoms with E-state index in [1.54, 1.807) is 26.0 Å². The minimum atomic E-state index is -0.950. The lowest BCUT2D eigenvalue weighted by Crippen LogP contribution is -2.39. The lowest BCUT2D eigenvalue weighted by molar-refractivity contribution is -0.394. The standard InChI is InChI=1S/C24H20N4O8S2/c1-4-36-23(31)19-12(2)25-24-26(20(19)13-5-7-16(37-3)8-6-13)22(30)18(38-24)10-14-9-15(27(32)33)11-17(21(14)29)28(34)35/h5-11,20,29H,4H2,1-3H3/b18-10-/t20-/m1/s1. The zero-order valence-corrected chi connectivity index (χ0v) is 21.9. The Kier molecular flexibility index (Phi) is 7.46. The van der Waals surface area contributed by atoms with Crippen molar-refractivity contribution in [3.8, 4) is 5.75 Å². The fourth-order valence-corrected chi connectivity index (χ4v) is 5.46. The van der Waals surface area contributed by atoms with E-state index < -0.39 is 44.5 Å². The van der Waals surface area contributed by atoms with Crippen LogP contribution in [0.15, 0.2) is 62.4 Å². The van der Waals surface area contributed by atoms with Gasteiger partial charge < -0.3 is 9.84 Å². The molecule has 0 spiro atoms. The first-order valence-electron chi connectivity index (χ1n) is 11.1. The molecular weight excluding hydrogens is 536 g/mol. The van der Waals surface area contributed by atoms with Crippen LogP contribution in [-0.2, 0) is 9.53 Å². The number of nitrogens with zero attached hydrogens (tertiary/aromatic N) is 4. The highest BCUT2D eigenvalue weighted by atomic mass is 32.2. The van der Waals surface area contributed by atoms with Gasteiger partial charge in [0.15, 0.2) is 4.80 Å². The molecule has 38 heavy (non-hydrogen) atoms. The second-order valence-electron chi connectivity index (χ2n) is 7.99. The predicted molar refractivity (Wildman–Crippen MR) is 140 cm³/mol. The van der Waals surface area contributed by atoms with Gasteiger partial charge in [0.1, 0.15) is 0 Å². The van der Waals surface area contributed by atoms with Gasteiger partial charge in [-0.25, -0.2) is 9.79 Å². The highest BCUT2D eigenvalue weighted by molar-refractivity contribution is 7.98. The number of carbonyl (C=O) groups is 1. The maximum atomic E-state index is 13.7. The average molecular weight is 557 g/mol. The molecule has 2 aromatic carbocycles. The largest absolute Gasteiger partial charge is 0.502 e. The van der Waals surface area contributed by atoms with E-state index >= 15 is 0 Å². The summed E-state index contributed by atoms with van der Waals surface area (Å²) in [5, 5.41) is 33.1. The molecule has 1 aliphatic rings. The number of fused-ring (bicyclic) bond motifs is 1. The van der Waals surface area contributed by atoms with Gasteiger partial charge >= 0.3 is 11.7 Å². The van der Waals surface area contributed by atoms with Gasteiger partial charge in [0, 0.05) is 16.5 Å². The Morgan fingerprint density at radius 1 is 1.24 bits per heavy atom. The van der Waals surface area contributed by atoms with Crippen LogP contribution in [0.4, 0.5) is 11.4 Å². The predicted octanol–water partition coefficient (Wildman–Crippen LogP) is 3.04. The number of ether oxygens (including phenoxy) is 1. The number of aromatic nitrogens is 1. The van der Waals surface area contributed by atoms with Crippen LogP contribution in [0.25, 0.3) is 6.08 Å². The summed E-state index contributed by atoms with van der Waals surface area (Å²) in [6.45, 7) is 3.40. The molecular formula is C24H20N4O8S2.